The van der Waals surface area contributed by atoms with Gasteiger partial charge in [0, 0.05) is 63.6 Å². The summed E-state index contributed by atoms with van der Waals surface area (Å²) >= 11 is 0. The highest BCUT2D eigenvalue weighted by molar-refractivity contribution is 6.05. The van der Waals surface area contributed by atoms with Gasteiger partial charge in [-0.25, -0.2) is 0 Å². The molecule has 3 aliphatic rings. The van der Waals surface area contributed by atoms with E-state index in [0.717, 1.165) is 16.5 Å². The van der Waals surface area contributed by atoms with Crippen LogP contribution in [0.2, 0.25) is 0 Å². The number of fused-ring (bicyclic) bond motifs is 8. The van der Waals surface area contributed by atoms with E-state index in [1.54, 1.807) is 20.4 Å². The molecule has 12 heteroatoms. The molecule has 3 aromatic carbocycles. The van der Waals surface area contributed by atoms with Crippen molar-refractivity contribution < 1.29 is 34.0 Å². The van der Waals surface area contributed by atoms with Gasteiger partial charge in [-0.2, -0.15) is 5.26 Å². The number of hydrogen-bond acceptors (Lipinski definition) is 11. The van der Waals surface area contributed by atoms with Crippen LogP contribution in [0.4, 0.5) is 0 Å². The lowest BCUT2D eigenvalue weighted by molar-refractivity contribution is -0.0724. The van der Waals surface area contributed by atoms with E-state index in [0.29, 0.717) is 57.7 Å². The minimum absolute atomic E-state index is 0.0323. The number of pyridine rings is 1. The number of phenols is 2. The molecule has 5 atom stereocenters. The summed E-state index contributed by atoms with van der Waals surface area (Å²) < 4.78 is 23.3. The lowest BCUT2D eigenvalue weighted by atomic mass is 9.71. The number of hydrogen-bond donors (Lipinski definition) is 3. The maximum absolute atomic E-state index is 13.9. The number of piperazine rings is 1. The van der Waals surface area contributed by atoms with E-state index < -0.39 is 24.2 Å². The van der Waals surface area contributed by atoms with Gasteiger partial charge < -0.3 is 34.5 Å². The second kappa shape index (κ2) is 12.6. The number of phenolic OH excluding ortho intramolecular Hbond substituents is 2. The van der Waals surface area contributed by atoms with Gasteiger partial charge in [0.2, 0.25) is 0 Å². The van der Waals surface area contributed by atoms with Crippen LogP contribution >= 0.6 is 0 Å². The topological polar surface area (TPSA) is 150 Å². The molecule has 1 amide bonds. The maximum Gasteiger partial charge on any atom is 0.270 e. The molecule has 1 saturated heterocycles. The molecule has 4 heterocycles. The highest BCUT2D eigenvalue weighted by Crippen LogP contribution is 2.58. The number of benzene rings is 3. The number of rotatable bonds is 7. The van der Waals surface area contributed by atoms with Crippen LogP contribution in [-0.4, -0.2) is 91.1 Å². The van der Waals surface area contributed by atoms with Gasteiger partial charge in [-0.05, 0) is 45.2 Å². The van der Waals surface area contributed by atoms with Gasteiger partial charge >= 0.3 is 0 Å². The van der Waals surface area contributed by atoms with Crippen molar-refractivity contribution in [2.75, 3.05) is 42.0 Å². The first-order valence-electron chi connectivity index (χ1n) is 16.6. The Morgan fingerprint density at radius 2 is 1.48 bits per heavy atom. The second-order valence-corrected chi connectivity index (χ2v) is 13.1. The number of carbonyl (C=O) groups excluding carboxylic acids is 1. The summed E-state index contributed by atoms with van der Waals surface area (Å²) in [5, 5.41) is 39.4. The number of nitriles is 1. The summed E-state index contributed by atoms with van der Waals surface area (Å²) in [4.78, 5) is 22.6. The highest BCUT2D eigenvalue weighted by Gasteiger charge is 2.57. The fraction of sp³-hybridized carbons (Fsp3) is 0.395. The lowest BCUT2D eigenvalue weighted by Crippen LogP contribution is -2.68. The van der Waals surface area contributed by atoms with Gasteiger partial charge in [-0.15, -0.1) is 0 Å². The van der Waals surface area contributed by atoms with Crippen LogP contribution in [-0.2, 0) is 12.8 Å². The SMILES string of the molecule is COc1c(C)c(OC)c2c(c1O)[C@@H]1[C@@H]3Cc4c(OC)c(C)c(OC)c(O)c4[C@H](CNC(=O)c4nccc5ccccc45)N3[C@@H](C#N)[C@H](C2)N1C. The number of aromatic nitrogens is 1. The zero-order valence-electron chi connectivity index (χ0n) is 29.2. The Kier molecular flexibility index (Phi) is 8.36. The maximum atomic E-state index is 13.9. The minimum Gasteiger partial charge on any atom is -0.504 e. The largest absolute Gasteiger partial charge is 0.504 e. The third kappa shape index (κ3) is 4.64. The summed E-state index contributed by atoms with van der Waals surface area (Å²) in [6.45, 7) is 3.72. The predicted molar refractivity (Wildman–Crippen MR) is 185 cm³/mol. The molecule has 1 aromatic heterocycles. The number of nitrogens with zero attached hydrogens (tertiary/aromatic N) is 4. The van der Waals surface area contributed by atoms with Gasteiger partial charge in [0.1, 0.15) is 23.2 Å². The summed E-state index contributed by atoms with van der Waals surface area (Å²) in [7, 11) is 8.17. The van der Waals surface area contributed by atoms with Crippen LogP contribution in [0.1, 0.15) is 56.0 Å². The summed E-state index contributed by atoms with van der Waals surface area (Å²) in [6.07, 6.45) is 2.39. The smallest absolute Gasteiger partial charge is 0.270 e. The van der Waals surface area contributed by atoms with E-state index in [1.807, 2.05) is 51.2 Å². The molecule has 0 radical (unpaired) electrons. The Hall–Kier alpha value is -5.25. The number of ether oxygens (including phenoxy) is 4. The zero-order valence-corrected chi connectivity index (χ0v) is 29.2. The van der Waals surface area contributed by atoms with Crippen molar-refractivity contribution in [1.29, 1.82) is 5.26 Å². The van der Waals surface area contributed by atoms with Crippen molar-refractivity contribution >= 4 is 16.7 Å². The third-order valence-electron chi connectivity index (χ3n) is 11.0. The number of amides is 1. The van der Waals surface area contributed by atoms with Crippen LogP contribution in [0.5, 0.6) is 34.5 Å². The number of aromatic hydroxyl groups is 2. The first-order chi connectivity index (χ1) is 24.1. The molecule has 4 aromatic rings. The van der Waals surface area contributed by atoms with Crippen molar-refractivity contribution in [3.8, 4) is 40.6 Å². The van der Waals surface area contributed by atoms with Crippen LogP contribution in [0, 0.1) is 25.2 Å². The Labute approximate surface area is 290 Å². The fourth-order valence-electron chi connectivity index (χ4n) is 8.99. The fourth-order valence-corrected chi connectivity index (χ4v) is 8.99. The number of methoxy groups -OCH3 is 4. The predicted octanol–water partition coefficient (Wildman–Crippen LogP) is 4.50. The van der Waals surface area contributed by atoms with Crippen LogP contribution in [0.25, 0.3) is 10.8 Å². The van der Waals surface area contributed by atoms with Gasteiger partial charge in [-0.3, -0.25) is 19.6 Å². The molecule has 260 valence electrons. The van der Waals surface area contributed by atoms with Crippen molar-refractivity contribution in [2.24, 2.45) is 0 Å². The third-order valence-corrected chi connectivity index (χ3v) is 11.0. The lowest BCUT2D eigenvalue weighted by Gasteiger charge is -2.60. The molecule has 3 aliphatic heterocycles. The molecule has 12 nitrogen and oxygen atoms in total. The van der Waals surface area contributed by atoms with Crippen LogP contribution in [0.15, 0.2) is 36.5 Å². The van der Waals surface area contributed by atoms with E-state index in [1.165, 1.54) is 14.2 Å². The second-order valence-electron chi connectivity index (χ2n) is 13.1. The normalized spacial score (nSPS) is 22.5. The Balaban J connectivity index is 1.43. The van der Waals surface area contributed by atoms with Crippen molar-refractivity contribution in [3.05, 3.63) is 75.6 Å². The van der Waals surface area contributed by atoms with E-state index in [-0.39, 0.29) is 41.4 Å². The number of nitrogens with one attached hydrogen (secondary N) is 1. The molecule has 2 bridgehead atoms. The van der Waals surface area contributed by atoms with Crippen LogP contribution in [0.3, 0.4) is 0 Å². The molecular formula is C38H41N5O7. The summed E-state index contributed by atoms with van der Waals surface area (Å²) in [5.41, 5.74) is 4.38. The van der Waals surface area contributed by atoms with E-state index in [2.05, 4.69) is 26.2 Å². The molecular weight excluding hydrogens is 638 g/mol. The first kappa shape index (κ1) is 33.3. The Morgan fingerprint density at radius 1 is 0.900 bits per heavy atom. The zero-order chi connectivity index (χ0) is 35.6. The summed E-state index contributed by atoms with van der Waals surface area (Å²) in [5.74, 6) is 1.36. The highest BCUT2D eigenvalue weighted by atomic mass is 16.5. The number of likely N-dealkylation sites (N-methyl/N-ethyl adjacent to an activating group) is 1. The molecule has 1 fully saturated rings. The molecule has 0 aliphatic carbocycles. The molecule has 3 N–H and O–H groups in total. The molecule has 0 saturated carbocycles. The van der Waals surface area contributed by atoms with Crippen LogP contribution < -0.4 is 24.3 Å². The van der Waals surface area contributed by atoms with Crippen molar-refractivity contribution in [1.82, 2.24) is 20.1 Å². The van der Waals surface area contributed by atoms with E-state index >= 15 is 0 Å². The Bertz CT molecular complexity index is 2070. The minimum atomic E-state index is -0.688. The van der Waals surface area contributed by atoms with Gasteiger partial charge in [0.25, 0.3) is 5.91 Å². The van der Waals surface area contributed by atoms with E-state index in [4.69, 9.17) is 18.9 Å². The molecule has 0 spiro atoms. The standard InChI is InChI=1S/C38H41N5O7/c1-18-34(47-4)22-15-25-31-29-23(35(48-5)19(2)37(50-7)33(29)45)14-24(42(31)3)26(16-39)43(25)27(28(22)32(44)36(18)49-6)17-41-38(46)30-21-11-9-8-10-20(21)12-13-40-30/h8-13,24-27,31,44-45H,14-15,17H2,1-7H3,(H,41,46)/t24-,25-,26-,27-,31-/m0/s1. The average Bonchev–Trinajstić information content (AvgIpc) is 3.11. The molecule has 50 heavy (non-hydrogen) atoms. The molecule has 7 rings (SSSR count). The summed E-state index contributed by atoms with van der Waals surface area (Å²) in [6, 6.07) is 9.49. The van der Waals surface area contributed by atoms with Gasteiger partial charge in [0.15, 0.2) is 23.0 Å². The Morgan fingerprint density at radius 3 is 2.10 bits per heavy atom. The van der Waals surface area contributed by atoms with Gasteiger partial charge in [0.05, 0.1) is 46.6 Å². The monoisotopic (exact) mass is 679 g/mol. The van der Waals surface area contributed by atoms with Crippen molar-refractivity contribution in [2.45, 2.75) is 56.9 Å². The van der Waals surface area contributed by atoms with Crippen molar-refractivity contribution in [3.63, 3.8) is 0 Å². The average molecular weight is 680 g/mol. The van der Waals surface area contributed by atoms with Gasteiger partial charge in [-0.1, -0.05) is 24.3 Å². The quantitative estimate of drug-likeness (QED) is 0.254. The first-order valence-corrected chi connectivity index (χ1v) is 16.6. The number of carbonyl (C=O) groups is 1. The molecule has 0 unspecified atom stereocenters. The van der Waals surface area contributed by atoms with E-state index in [9.17, 15) is 20.3 Å².